The van der Waals surface area contributed by atoms with Gasteiger partial charge in [-0.1, -0.05) is 0 Å². The Labute approximate surface area is 190 Å². The number of carbonyl (C=O) groups is 2. The average molecular weight is 449 g/mol. The van der Waals surface area contributed by atoms with Gasteiger partial charge in [-0.05, 0) is 66.2 Å². The third-order valence-corrected chi connectivity index (χ3v) is 4.60. The van der Waals surface area contributed by atoms with Crippen molar-refractivity contribution in [2.75, 3.05) is 26.6 Å². The number of anilines is 1. The van der Waals surface area contributed by atoms with Gasteiger partial charge in [-0.15, -0.1) is 0 Å². The van der Waals surface area contributed by atoms with Crippen molar-refractivity contribution < 1.29 is 28.9 Å². The topological polar surface area (TPSA) is 118 Å². The van der Waals surface area contributed by atoms with Crippen LogP contribution in [0.4, 0.5) is 5.69 Å². The number of aromatic hydroxyl groups is 1. The van der Waals surface area contributed by atoms with E-state index in [2.05, 4.69) is 15.8 Å². The number of carbonyl (C=O) groups excluding carboxylic acids is 2. The number of methoxy groups -OCH3 is 3. The quantitative estimate of drug-likeness (QED) is 0.358. The van der Waals surface area contributed by atoms with Crippen LogP contribution in [0.2, 0.25) is 0 Å². The first-order valence-electron chi connectivity index (χ1n) is 9.79. The van der Waals surface area contributed by atoms with Gasteiger partial charge >= 0.3 is 0 Å². The molecule has 0 fully saturated rings. The lowest BCUT2D eigenvalue weighted by Gasteiger charge is -2.14. The van der Waals surface area contributed by atoms with Crippen LogP contribution in [0.15, 0.2) is 65.8 Å². The minimum atomic E-state index is -0.410. The van der Waals surface area contributed by atoms with Gasteiger partial charge in [0.1, 0.15) is 5.75 Å². The second-order valence-corrected chi connectivity index (χ2v) is 6.74. The number of amides is 2. The monoisotopic (exact) mass is 449 g/mol. The minimum Gasteiger partial charge on any atom is -0.508 e. The Hall–Kier alpha value is -4.53. The van der Waals surface area contributed by atoms with Gasteiger partial charge in [0.15, 0.2) is 11.5 Å². The molecule has 0 aliphatic carbocycles. The fraction of sp³-hybridized carbons (Fsp3) is 0.125. The number of phenolic OH excluding ortho intramolecular Hbond substituents is 1. The normalized spacial score (nSPS) is 10.5. The van der Waals surface area contributed by atoms with E-state index in [0.29, 0.717) is 34.1 Å². The number of benzene rings is 3. The molecule has 0 aliphatic heterocycles. The highest BCUT2D eigenvalue weighted by molar-refractivity contribution is 6.05. The Morgan fingerprint density at radius 1 is 0.818 bits per heavy atom. The third kappa shape index (κ3) is 5.79. The second-order valence-electron chi connectivity index (χ2n) is 6.74. The lowest BCUT2D eigenvalue weighted by atomic mass is 10.1. The summed E-state index contributed by atoms with van der Waals surface area (Å²) in [7, 11) is 4.42. The molecule has 170 valence electrons. The molecule has 0 heterocycles. The zero-order valence-corrected chi connectivity index (χ0v) is 18.3. The lowest BCUT2D eigenvalue weighted by Crippen LogP contribution is -2.18. The maximum atomic E-state index is 12.7. The number of nitrogens with one attached hydrogen (secondary N) is 2. The highest BCUT2D eigenvalue weighted by Gasteiger charge is 2.17. The zero-order chi connectivity index (χ0) is 23.8. The van der Waals surface area contributed by atoms with E-state index in [9.17, 15) is 14.7 Å². The van der Waals surface area contributed by atoms with Gasteiger partial charge in [-0.2, -0.15) is 5.10 Å². The summed E-state index contributed by atoms with van der Waals surface area (Å²) in [5, 5.41) is 15.9. The molecule has 9 nitrogen and oxygen atoms in total. The summed E-state index contributed by atoms with van der Waals surface area (Å²) in [6.07, 6.45) is 1.46. The van der Waals surface area contributed by atoms with E-state index in [1.807, 2.05) is 0 Å². The summed E-state index contributed by atoms with van der Waals surface area (Å²) in [5.41, 5.74) is 4.32. The number of hydrogen-bond donors (Lipinski definition) is 3. The van der Waals surface area contributed by atoms with Crippen LogP contribution >= 0.6 is 0 Å². The SMILES string of the molecule is COc1cc(C(=O)Nc2ccc(C(=O)N/N=C\c3ccc(O)cc3)cc2)cc(OC)c1OC. The Morgan fingerprint density at radius 2 is 1.42 bits per heavy atom. The first-order valence-corrected chi connectivity index (χ1v) is 9.79. The van der Waals surface area contributed by atoms with Crippen LogP contribution in [0.25, 0.3) is 0 Å². The van der Waals surface area contributed by atoms with Crippen molar-refractivity contribution in [3.63, 3.8) is 0 Å². The molecule has 3 aromatic rings. The molecule has 0 spiro atoms. The highest BCUT2D eigenvalue weighted by Crippen LogP contribution is 2.38. The summed E-state index contributed by atoms with van der Waals surface area (Å²) in [6.45, 7) is 0. The van der Waals surface area contributed by atoms with Crippen molar-refractivity contribution in [2.24, 2.45) is 5.10 Å². The molecule has 9 heteroatoms. The van der Waals surface area contributed by atoms with Crippen molar-refractivity contribution in [1.82, 2.24) is 5.43 Å². The van der Waals surface area contributed by atoms with Crippen molar-refractivity contribution in [3.05, 3.63) is 77.4 Å². The molecular formula is C24H23N3O6. The van der Waals surface area contributed by atoms with Crippen LogP contribution in [-0.2, 0) is 0 Å². The number of phenols is 1. The standard InChI is InChI=1S/C24H23N3O6/c1-31-20-12-17(13-21(32-2)22(20)33-3)23(29)26-18-8-6-16(7-9-18)24(30)27-25-14-15-4-10-19(28)11-5-15/h4-14,28H,1-3H3,(H,26,29)(H,27,30)/b25-14-. The zero-order valence-electron chi connectivity index (χ0n) is 18.3. The Bertz CT molecular complexity index is 1130. The van der Waals surface area contributed by atoms with Crippen LogP contribution in [0.3, 0.4) is 0 Å². The van der Waals surface area contributed by atoms with Gasteiger partial charge in [-0.25, -0.2) is 5.43 Å². The molecule has 0 saturated heterocycles. The van der Waals surface area contributed by atoms with E-state index in [1.54, 1.807) is 48.5 Å². The van der Waals surface area contributed by atoms with Crippen LogP contribution < -0.4 is 25.0 Å². The van der Waals surface area contributed by atoms with Gasteiger partial charge < -0.3 is 24.6 Å². The fourth-order valence-corrected chi connectivity index (χ4v) is 2.91. The smallest absolute Gasteiger partial charge is 0.271 e. The summed E-state index contributed by atoms with van der Waals surface area (Å²) < 4.78 is 15.8. The number of hydrogen-bond acceptors (Lipinski definition) is 7. The Balaban J connectivity index is 1.64. The molecule has 0 atom stereocenters. The molecule has 3 N–H and O–H groups in total. The first kappa shape index (κ1) is 23.1. The van der Waals surface area contributed by atoms with E-state index in [0.717, 1.165) is 5.56 Å². The Morgan fingerprint density at radius 3 is 1.97 bits per heavy atom. The molecule has 0 bridgehead atoms. The molecule has 2 amide bonds. The highest BCUT2D eigenvalue weighted by atomic mass is 16.5. The van der Waals surface area contributed by atoms with Crippen LogP contribution in [0, 0.1) is 0 Å². The van der Waals surface area contributed by atoms with E-state index in [1.165, 1.54) is 39.7 Å². The molecule has 0 radical (unpaired) electrons. The van der Waals surface area contributed by atoms with Crippen LogP contribution in [0.1, 0.15) is 26.3 Å². The van der Waals surface area contributed by atoms with Crippen molar-refractivity contribution in [1.29, 1.82) is 0 Å². The Kier molecular flexibility index (Phi) is 7.48. The number of ether oxygens (including phenoxy) is 3. The summed E-state index contributed by atoms with van der Waals surface area (Å²) >= 11 is 0. The van der Waals surface area contributed by atoms with Crippen molar-refractivity contribution >= 4 is 23.7 Å². The second kappa shape index (κ2) is 10.7. The van der Waals surface area contributed by atoms with E-state index in [-0.39, 0.29) is 11.7 Å². The van der Waals surface area contributed by atoms with Gasteiger partial charge in [0.25, 0.3) is 11.8 Å². The predicted molar refractivity (Wildman–Crippen MR) is 124 cm³/mol. The molecule has 0 unspecified atom stereocenters. The third-order valence-electron chi connectivity index (χ3n) is 4.60. The van der Waals surface area contributed by atoms with Crippen molar-refractivity contribution in [3.8, 4) is 23.0 Å². The predicted octanol–water partition coefficient (Wildman–Crippen LogP) is 3.43. The maximum absolute atomic E-state index is 12.7. The molecule has 3 rings (SSSR count). The number of hydrazone groups is 1. The fourth-order valence-electron chi connectivity index (χ4n) is 2.91. The summed E-state index contributed by atoms with van der Waals surface area (Å²) in [6, 6.07) is 15.8. The maximum Gasteiger partial charge on any atom is 0.271 e. The largest absolute Gasteiger partial charge is 0.508 e. The van der Waals surface area contributed by atoms with Gasteiger partial charge in [-0.3, -0.25) is 9.59 Å². The van der Waals surface area contributed by atoms with E-state index in [4.69, 9.17) is 14.2 Å². The summed E-state index contributed by atoms with van der Waals surface area (Å²) in [4.78, 5) is 24.9. The average Bonchev–Trinajstić information content (AvgIpc) is 2.84. The number of nitrogens with zero attached hydrogens (tertiary/aromatic N) is 1. The van der Waals surface area contributed by atoms with Gasteiger partial charge in [0, 0.05) is 16.8 Å². The van der Waals surface area contributed by atoms with E-state index >= 15 is 0 Å². The molecule has 33 heavy (non-hydrogen) atoms. The molecule has 0 aromatic heterocycles. The first-order chi connectivity index (χ1) is 15.9. The van der Waals surface area contributed by atoms with Crippen LogP contribution in [-0.4, -0.2) is 44.5 Å². The molecule has 0 saturated carbocycles. The van der Waals surface area contributed by atoms with Gasteiger partial charge in [0.2, 0.25) is 5.75 Å². The van der Waals surface area contributed by atoms with E-state index < -0.39 is 5.91 Å². The van der Waals surface area contributed by atoms with Crippen LogP contribution in [0.5, 0.6) is 23.0 Å². The van der Waals surface area contributed by atoms with Gasteiger partial charge in [0.05, 0.1) is 27.5 Å². The minimum absolute atomic E-state index is 0.147. The summed E-state index contributed by atoms with van der Waals surface area (Å²) in [5.74, 6) is 0.467. The lowest BCUT2D eigenvalue weighted by molar-refractivity contribution is 0.0954. The molecule has 0 aliphatic rings. The molecule has 3 aromatic carbocycles. The van der Waals surface area contributed by atoms with Crippen molar-refractivity contribution in [2.45, 2.75) is 0 Å². The number of rotatable bonds is 8. The molecular weight excluding hydrogens is 426 g/mol.